The summed E-state index contributed by atoms with van der Waals surface area (Å²) in [5, 5.41) is 9.85. The molecule has 0 heterocycles. The molecule has 0 aliphatic carbocycles. The van der Waals surface area contributed by atoms with Gasteiger partial charge in [0, 0.05) is 15.6 Å². The van der Waals surface area contributed by atoms with E-state index in [9.17, 15) is 23.2 Å². The van der Waals surface area contributed by atoms with Crippen LogP contribution in [0.25, 0.3) is 6.08 Å². The lowest BCUT2D eigenvalue weighted by atomic mass is 9.82. The summed E-state index contributed by atoms with van der Waals surface area (Å²) in [4.78, 5) is 26.0. The molecule has 0 saturated heterocycles. The molecule has 0 aromatic heterocycles. The first-order valence-electron chi connectivity index (χ1n) is 11.3. The van der Waals surface area contributed by atoms with Gasteiger partial charge in [-0.05, 0) is 36.5 Å². The van der Waals surface area contributed by atoms with Gasteiger partial charge < -0.3 is 0 Å². The highest BCUT2D eigenvalue weighted by Gasteiger charge is 2.35. The summed E-state index contributed by atoms with van der Waals surface area (Å²) in [5.41, 5.74) is 5.31. The van der Waals surface area contributed by atoms with Gasteiger partial charge in [0.25, 0.3) is 0 Å². The zero-order valence-electron chi connectivity index (χ0n) is 20.3. The zero-order chi connectivity index (χ0) is 26.9. The quantitative estimate of drug-likeness (QED) is 0.260. The van der Waals surface area contributed by atoms with Crippen molar-refractivity contribution in [3.05, 3.63) is 75.8 Å². The van der Waals surface area contributed by atoms with Gasteiger partial charge in [-0.1, -0.05) is 85.6 Å². The Morgan fingerprint density at radius 1 is 1.00 bits per heavy atom. The SMILES string of the molecule is CC(C)C[C@H](C(=O)NN(Cc1c(Cl)cccc1Cl)S(C)(=O)=O)[C@H](CC=Cc1ccccc1)C(=O)NO. The summed E-state index contributed by atoms with van der Waals surface area (Å²) in [6.45, 7) is 3.46. The van der Waals surface area contributed by atoms with E-state index in [1.807, 2.05) is 50.3 Å². The van der Waals surface area contributed by atoms with Crippen LogP contribution in [0.4, 0.5) is 0 Å². The lowest BCUT2D eigenvalue weighted by Crippen LogP contribution is -2.50. The van der Waals surface area contributed by atoms with Crippen LogP contribution in [0.5, 0.6) is 0 Å². The average Bonchev–Trinajstić information content (AvgIpc) is 2.81. The first kappa shape index (κ1) is 29.8. The highest BCUT2D eigenvalue weighted by Crippen LogP contribution is 2.28. The highest BCUT2D eigenvalue weighted by molar-refractivity contribution is 7.88. The molecule has 8 nitrogen and oxygen atoms in total. The minimum absolute atomic E-state index is 0.00228. The molecule has 0 unspecified atom stereocenters. The minimum Gasteiger partial charge on any atom is -0.289 e. The Kier molecular flexibility index (Phi) is 11.4. The number of halogens is 2. The normalized spacial score (nSPS) is 13.7. The fourth-order valence-electron chi connectivity index (χ4n) is 3.69. The number of carbonyl (C=O) groups excluding carboxylic acids is 2. The molecular weight excluding hydrogens is 525 g/mol. The van der Waals surface area contributed by atoms with E-state index in [0.717, 1.165) is 16.2 Å². The summed E-state index contributed by atoms with van der Waals surface area (Å²) in [6, 6.07) is 14.2. The monoisotopic (exact) mass is 555 g/mol. The van der Waals surface area contributed by atoms with Gasteiger partial charge in [0.05, 0.1) is 24.6 Å². The Balaban J connectivity index is 2.34. The molecule has 2 atom stereocenters. The van der Waals surface area contributed by atoms with Gasteiger partial charge in [-0.15, -0.1) is 4.41 Å². The van der Waals surface area contributed by atoms with Crippen LogP contribution >= 0.6 is 23.2 Å². The number of carbonyl (C=O) groups is 2. The second-order valence-corrected chi connectivity index (χ2v) is 11.5. The Morgan fingerprint density at radius 3 is 2.14 bits per heavy atom. The Morgan fingerprint density at radius 2 is 1.61 bits per heavy atom. The number of allylic oxidation sites excluding steroid dienone is 1. The van der Waals surface area contributed by atoms with E-state index >= 15 is 0 Å². The van der Waals surface area contributed by atoms with Gasteiger partial charge in [-0.3, -0.25) is 20.2 Å². The molecule has 0 aliphatic rings. The fourth-order valence-corrected chi connectivity index (χ4v) is 4.82. The van der Waals surface area contributed by atoms with Gasteiger partial charge >= 0.3 is 0 Å². The van der Waals surface area contributed by atoms with Crippen LogP contribution in [0.1, 0.15) is 37.8 Å². The highest BCUT2D eigenvalue weighted by atomic mass is 35.5. The predicted molar refractivity (Wildman–Crippen MR) is 141 cm³/mol. The van der Waals surface area contributed by atoms with Crippen molar-refractivity contribution in [2.45, 2.75) is 33.2 Å². The van der Waals surface area contributed by atoms with E-state index in [1.54, 1.807) is 29.8 Å². The molecular formula is C25H31Cl2N3O5S. The maximum absolute atomic E-state index is 13.4. The number of amides is 2. The molecule has 0 saturated carbocycles. The molecule has 2 amide bonds. The molecule has 3 N–H and O–H groups in total. The van der Waals surface area contributed by atoms with Gasteiger partial charge in [-0.2, -0.15) is 0 Å². The average molecular weight is 557 g/mol. The number of benzene rings is 2. The van der Waals surface area contributed by atoms with Gasteiger partial charge in [-0.25, -0.2) is 13.9 Å². The van der Waals surface area contributed by atoms with Crippen LogP contribution in [0, 0.1) is 17.8 Å². The third kappa shape index (κ3) is 8.90. The van der Waals surface area contributed by atoms with E-state index in [0.29, 0.717) is 5.56 Å². The molecule has 11 heteroatoms. The number of sulfonamides is 1. The second-order valence-electron chi connectivity index (χ2n) is 8.81. The van der Waals surface area contributed by atoms with E-state index in [4.69, 9.17) is 23.2 Å². The van der Waals surface area contributed by atoms with Gasteiger partial charge in [0.15, 0.2) is 0 Å². The number of hydrogen-bond acceptors (Lipinski definition) is 5. The molecule has 0 fully saturated rings. The van der Waals surface area contributed by atoms with Crippen LogP contribution in [0.15, 0.2) is 54.6 Å². The lowest BCUT2D eigenvalue weighted by Gasteiger charge is -2.29. The molecule has 196 valence electrons. The number of nitrogens with zero attached hydrogens (tertiary/aromatic N) is 1. The van der Waals surface area contributed by atoms with Crippen molar-refractivity contribution in [2.75, 3.05) is 6.26 Å². The maximum Gasteiger partial charge on any atom is 0.247 e. The number of hydrogen-bond donors (Lipinski definition) is 3. The van der Waals surface area contributed by atoms with E-state index in [2.05, 4.69) is 5.43 Å². The zero-order valence-corrected chi connectivity index (χ0v) is 22.6. The predicted octanol–water partition coefficient (Wildman–Crippen LogP) is 4.67. The van der Waals surface area contributed by atoms with Crippen molar-refractivity contribution in [1.29, 1.82) is 0 Å². The van der Waals surface area contributed by atoms with Crippen molar-refractivity contribution in [3.8, 4) is 0 Å². The number of hydrazine groups is 1. The first-order chi connectivity index (χ1) is 16.9. The maximum atomic E-state index is 13.4. The Labute approximate surface area is 222 Å². The molecule has 2 aromatic rings. The van der Waals surface area contributed by atoms with E-state index < -0.39 is 33.7 Å². The standard InChI is InChI=1S/C25H31Cl2N3O5S/c1-17(2)15-20(19(25(32)29-33)12-7-11-18-9-5-4-6-10-18)24(31)28-30(36(3,34)35)16-21-22(26)13-8-14-23(21)27/h4-11,13-14,17,19-20,33H,12,15-16H2,1-3H3,(H,28,31)(H,29,32)/t19-,20-/m0/s1. The number of rotatable bonds is 12. The third-order valence-electron chi connectivity index (χ3n) is 5.49. The van der Waals surface area contributed by atoms with Crippen LogP contribution < -0.4 is 10.9 Å². The van der Waals surface area contributed by atoms with Crippen molar-refractivity contribution in [2.24, 2.45) is 17.8 Å². The number of hydroxylamine groups is 1. The van der Waals surface area contributed by atoms with Crippen molar-refractivity contribution in [1.82, 2.24) is 15.3 Å². The lowest BCUT2D eigenvalue weighted by molar-refractivity contribution is -0.142. The minimum atomic E-state index is -3.94. The first-order valence-corrected chi connectivity index (χ1v) is 13.9. The smallest absolute Gasteiger partial charge is 0.247 e. The largest absolute Gasteiger partial charge is 0.289 e. The number of nitrogens with one attached hydrogen (secondary N) is 2. The molecule has 2 aromatic carbocycles. The molecule has 0 radical (unpaired) electrons. The molecule has 0 bridgehead atoms. The van der Waals surface area contributed by atoms with Crippen molar-refractivity contribution >= 4 is 51.1 Å². The van der Waals surface area contributed by atoms with Crippen molar-refractivity contribution in [3.63, 3.8) is 0 Å². The van der Waals surface area contributed by atoms with Gasteiger partial charge in [0.2, 0.25) is 21.8 Å². The molecule has 2 rings (SSSR count). The van der Waals surface area contributed by atoms with Crippen LogP contribution in [-0.2, 0) is 26.2 Å². The Hall–Kier alpha value is -2.43. The van der Waals surface area contributed by atoms with Crippen LogP contribution in [0.3, 0.4) is 0 Å². The third-order valence-corrected chi connectivity index (χ3v) is 7.22. The van der Waals surface area contributed by atoms with Crippen molar-refractivity contribution < 1.29 is 23.2 Å². The summed E-state index contributed by atoms with van der Waals surface area (Å²) in [5.74, 6) is -3.32. The molecule has 0 spiro atoms. The summed E-state index contributed by atoms with van der Waals surface area (Å²) >= 11 is 12.4. The molecule has 36 heavy (non-hydrogen) atoms. The molecule has 0 aliphatic heterocycles. The van der Waals surface area contributed by atoms with E-state index in [1.165, 1.54) is 0 Å². The summed E-state index contributed by atoms with van der Waals surface area (Å²) in [7, 11) is -3.94. The fraction of sp³-hybridized carbons (Fsp3) is 0.360. The van der Waals surface area contributed by atoms with Gasteiger partial charge in [0.1, 0.15) is 0 Å². The van der Waals surface area contributed by atoms with E-state index in [-0.39, 0.29) is 35.3 Å². The van der Waals surface area contributed by atoms with Crippen LogP contribution in [0.2, 0.25) is 10.0 Å². The Bertz CT molecular complexity index is 1150. The summed E-state index contributed by atoms with van der Waals surface area (Å²) < 4.78 is 25.8. The topological polar surface area (TPSA) is 116 Å². The summed E-state index contributed by atoms with van der Waals surface area (Å²) in [6.07, 6.45) is 4.91. The second kappa shape index (κ2) is 13.8. The van der Waals surface area contributed by atoms with Crippen LogP contribution in [-0.4, -0.2) is 36.1 Å².